The molecule has 0 bridgehead atoms. The summed E-state index contributed by atoms with van der Waals surface area (Å²) in [6.45, 7) is 14.1. The molecule has 3 amide bonds. The molecule has 1 aromatic rings. The molecular formula is C30H47N3O4S. The van der Waals surface area contributed by atoms with Gasteiger partial charge in [0, 0.05) is 23.9 Å². The fraction of sp³-hybridized carbons (Fsp3) is 0.633. The molecule has 1 rings (SSSR count). The predicted octanol–water partition coefficient (Wildman–Crippen LogP) is 5.49. The minimum atomic E-state index is -0.977. The molecule has 2 N–H and O–H groups in total. The van der Waals surface area contributed by atoms with Gasteiger partial charge in [-0.15, -0.1) is 6.42 Å². The van der Waals surface area contributed by atoms with Crippen molar-refractivity contribution in [3.8, 4) is 12.3 Å². The largest absolute Gasteiger partial charge is 0.444 e. The lowest BCUT2D eigenvalue weighted by Gasteiger charge is -2.38. The fourth-order valence-electron chi connectivity index (χ4n) is 4.01. The van der Waals surface area contributed by atoms with E-state index in [1.165, 1.54) is 0 Å². The Balaban J connectivity index is 3.48. The van der Waals surface area contributed by atoms with Gasteiger partial charge in [0.1, 0.15) is 17.7 Å². The quantitative estimate of drug-likeness (QED) is 0.164. The van der Waals surface area contributed by atoms with Gasteiger partial charge in [0.2, 0.25) is 11.8 Å². The van der Waals surface area contributed by atoms with E-state index in [1.807, 2.05) is 6.92 Å². The minimum absolute atomic E-state index is 0.0480. The Kier molecular flexibility index (Phi) is 14.3. The molecule has 0 aliphatic heterocycles. The van der Waals surface area contributed by atoms with Crippen molar-refractivity contribution in [3.63, 3.8) is 0 Å². The lowest BCUT2D eigenvalue weighted by atomic mass is 9.96. The first-order valence-corrected chi connectivity index (χ1v) is 14.2. The molecule has 3 unspecified atom stereocenters. The van der Waals surface area contributed by atoms with Gasteiger partial charge in [0.05, 0.1) is 0 Å². The number of amides is 3. The molecule has 3 atom stereocenters. The van der Waals surface area contributed by atoms with Crippen molar-refractivity contribution in [2.45, 2.75) is 104 Å². The number of hydrogen-bond acceptors (Lipinski definition) is 5. The maximum Gasteiger partial charge on any atom is 0.408 e. The minimum Gasteiger partial charge on any atom is -0.444 e. The van der Waals surface area contributed by atoms with Gasteiger partial charge >= 0.3 is 6.09 Å². The van der Waals surface area contributed by atoms with Crippen molar-refractivity contribution < 1.29 is 19.1 Å². The number of ether oxygens (including phenoxy) is 1. The second-order valence-corrected chi connectivity index (χ2v) is 11.5. The maximum atomic E-state index is 14.1. The van der Waals surface area contributed by atoms with Crippen LogP contribution in [-0.2, 0) is 14.3 Å². The van der Waals surface area contributed by atoms with Crippen molar-refractivity contribution in [1.29, 1.82) is 0 Å². The molecule has 0 saturated carbocycles. The molecular weight excluding hydrogens is 498 g/mol. The third-order valence-electron chi connectivity index (χ3n) is 6.06. The number of nitrogens with zero attached hydrogens (tertiary/aromatic N) is 1. The van der Waals surface area contributed by atoms with E-state index >= 15 is 0 Å². The van der Waals surface area contributed by atoms with Crippen molar-refractivity contribution in [1.82, 2.24) is 15.5 Å². The highest BCUT2D eigenvalue weighted by molar-refractivity contribution is 7.80. The molecule has 7 nitrogen and oxygen atoms in total. The van der Waals surface area contributed by atoms with Crippen LogP contribution in [-0.4, -0.2) is 52.8 Å². The average Bonchev–Trinajstić information content (AvgIpc) is 2.85. The SMILES string of the molecule is C#Cc1ccc(C(C(=O)NCCCCC)N(C(=O)C(CS)NC(=O)OC(C)(C)C)C(C)CCC(C)C)cc1. The number of rotatable bonds is 14. The summed E-state index contributed by atoms with van der Waals surface area (Å²) in [7, 11) is 0. The van der Waals surface area contributed by atoms with E-state index in [4.69, 9.17) is 11.2 Å². The lowest BCUT2D eigenvalue weighted by molar-refractivity contribution is -0.144. The molecule has 0 fully saturated rings. The number of unbranched alkanes of at least 4 members (excludes halogenated alkanes) is 2. The van der Waals surface area contributed by atoms with Crippen LogP contribution in [0.2, 0.25) is 0 Å². The van der Waals surface area contributed by atoms with Crippen LogP contribution in [0.1, 0.15) is 97.7 Å². The summed E-state index contributed by atoms with van der Waals surface area (Å²) >= 11 is 4.36. The normalized spacial score (nSPS) is 13.7. The smallest absolute Gasteiger partial charge is 0.408 e. The Morgan fingerprint density at radius 2 is 1.71 bits per heavy atom. The van der Waals surface area contributed by atoms with Crippen molar-refractivity contribution in [2.24, 2.45) is 5.92 Å². The van der Waals surface area contributed by atoms with E-state index < -0.39 is 29.7 Å². The highest BCUT2D eigenvalue weighted by Crippen LogP contribution is 2.28. The average molecular weight is 546 g/mol. The maximum absolute atomic E-state index is 14.1. The Labute approximate surface area is 235 Å². The summed E-state index contributed by atoms with van der Waals surface area (Å²) in [5, 5.41) is 5.68. The zero-order valence-corrected chi connectivity index (χ0v) is 25.1. The monoisotopic (exact) mass is 545 g/mol. The number of thiol groups is 1. The number of alkyl carbamates (subject to hydrolysis) is 1. The highest BCUT2D eigenvalue weighted by Gasteiger charge is 2.38. The van der Waals surface area contributed by atoms with E-state index in [-0.39, 0.29) is 17.7 Å². The first-order valence-electron chi connectivity index (χ1n) is 13.6. The molecule has 1 aromatic carbocycles. The Morgan fingerprint density at radius 3 is 2.21 bits per heavy atom. The second kappa shape index (κ2) is 16.3. The van der Waals surface area contributed by atoms with Crippen LogP contribution in [0, 0.1) is 18.3 Å². The zero-order valence-electron chi connectivity index (χ0n) is 24.2. The first-order chi connectivity index (χ1) is 17.8. The number of nitrogens with one attached hydrogen (secondary N) is 2. The Morgan fingerprint density at radius 1 is 1.08 bits per heavy atom. The summed E-state index contributed by atoms with van der Waals surface area (Å²) < 4.78 is 5.38. The van der Waals surface area contributed by atoms with Crippen LogP contribution in [0.4, 0.5) is 4.79 Å². The standard InChI is InChI=1S/C30H47N3O4S/c1-9-11-12-19-31-27(34)26(24-17-15-23(10-2)16-18-24)33(22(5)14-13-21(3)4)28(35)25(20-38)32-29(36)37-30(6,7)8/h2,15-18,21-22,25-26,38H,9,11-14,19-20H2,1,3-8H3,(H,31,34)(H,32,36). The van der Waals surface area contributed by atoms with Crippen LogP contribution in [0.15, 0.2) is 24.3 Å². The van der Waals surface area contributed by atoms with Gasteiger partial charge in [0.15, 0.2) is 0 Å². The van der Waals surface area contributed by atoms with Crippen LogP contribution >= 0.6 is 12.6 Å². The van der Waals surface area contributed by atoms with Crippen molar-refractivity contribution in [3.05, 3.63) is 35.4 Å². The third-order valence-corrected chi connectivity index (χ3v) is 6.43. The first kappa shape index (κ1) is 33.4. The van der Waals surface area contributed by atoms with Gasteiger partial charge < -0.3 is 20.3 Å². The van der Waals surface area contributed by atoms with Gasteiger partial charge in [-0.05, 0) is 70.6 Å². The van der Waals surface area contributed by atoms with Crippen LogP contribution in [0.5, 0.6) is 0 Å². The van der Waals surface area contributed by atoms with E-state index in [0.29, 0.717) is 30.0 Å². The van der Waals surface area contributed by atoms with Crippen molar-refractivity contribution in [2.75, 3.05) is 12.3 Å². The van der Waals surface area contributed by atoms with E-state index in [1.54, 1.807) is 49.9 Å². The summed E-state index contributed by atoms with van der Waals surface area (Å²) in [6, 6.07) is 4.95. The molecule has 0 aliphatic rings. The second-order valence-electron chi connectivity index (χ2n) is 11.1. The van der Waals surface area contributed by atoms with E-state index in [2.05, 4.69) is 50.0 Å². The summed E-state index contributed by atoms with van der Waals surface area (Å²) in [5.74, 6) is 2.40. The number of carbonyl (C=O) groups is 3. The summed E-state index contributed by atoms with van der Waals surface area (Å²) in [4.78, 5) is 41.9. The Bertz CT molecular complexity index is 934. The van der Waals surface area contributed by atoms with Crippen LogP contribution < -0.4 is 10.6 Å². The fourth-order valence-corrected chi connectivity index (χ4v) is 4.26. The highest BCUT2D eigenvalue weighted by atomic mass is 32.1. The summed E-state index contributed by atoms with van der Waals surface area (Å²) in [6.07, 6.45) is 9.28. The van der Waals surface area contributed by atoms with Gasteiger partial charge in [-0.25, -0.2) is 4.79 Å². The lowest BCUT2D eigenvalue weighted by Crippen LogP contribution is -2.56. The van der Waals surface area contributed by atoms with Gasteiger partial charge in [-0.2, -0.15) is 12.6 Å². The van der Waals surface area contributed by atoms with E-state index in [9.17, 15) is 14.4 Å². The number of carbonyl (C=O) groups excluding carboxylic acids is 3. The van der Waals surface area contributed by atoms with Gasteiger partial charge in [-0.1, -0.05) is 51.7 Å². The van der Waals surface area contributed by atoms with E-state index in [0.717, 1.165) is 25.7 Å². The third kappa shape index (κ3) is 11.4. The van der Waals surface area contributed by atoms with Crippen LogP contribution in [0.3, 0.4) is 0 Å². The molecule has 212 valence electrons. The number of hydrogen-bond donors (Lipinski definition) is 3. The van der Waals surface area contributed by atoms with Crippen molar-refractivity contribution >= 4 is 30.5 Å². The zero-order chi connectivity index (χ0) is 28.9. The molecule has 0 spiro atoms. The molecule has 0 radical (unpaired) electrons. The molecule has 38 heavy (non-hydrogen) atoms. The Hall–Kier alpha value is -2.66. The molecule has 0 heterocycles. The topological polar surface area (TPSA) is 87.7 Å². The molecule has 0 aromatic heterocycles. The summed E-state index contributed by atoms with van der Waals surface area (Å²) in [5.41, 5.74) is 0.608. The van der Waals surface area contributed by atoms with Gasteiger partial charge in [-0.3, -0.25) is 9.59 Å². The number of terminal acetylenes is 1. The molecule has 0 saturated heterocycles. The molecule has 8 heteroatoms. The number of benzene rings is 1. The van der Waals surface area contributed by atoms with Gasteiger partial charge in [0.25, 0.3) is 0 Å². The predicted molar refractivity (Wildman–Crippen MR) is 157 cm³/mol. The van der Waals surface area contributed by atoms with Crippen LogP contribution in [0.25, 0.3) is 0 Å². The molecule has 0 aliphatic carbocycles.